The number of nitrogens with zero attached hydrogens (tertiary/aromatic N) is 3. The van der Waals surface area contributed by atoms with Crippen LogP contribution >= 0.6 is 11.8 Å². The first-order valence-corrected chi connectivity index (χ1v) is 10.9. The maximum atomic E-state index is 12.5. The van der Waals surface area contributed by atoms with Crippen LogP contribution in [0.3, 0.4) is 0 Å². The Morgan fingerprint density at radius 3 is 2.53 bits per heavy atom. The molecule has 0 bridgehead atoms. The summed E-state index contributed by atoms with van der Waals surface area (Å²) in [5.74, 6) is 0.620. The predicted octanol–water partition coefficient (Wildman–Crippen LogP) is 0.158. The third kappa shape index (κ3) is 4.13. The number of nitrogens with one attached hydrogen (secondary N) is 1. The third-order valence-electron chi connectivity index (χ3n) is 5.51. The van der Waals surface area contributed by atoms with Crippen LogP contribution in [-0.4, -0.2) is 85.8 Å². The Kier molecular flexibility index (Phi) is 7.24. The zero-order valence-electron chi connectivity index (χ0n) is 17.6. The van der Waals surface area contributed by atoms with Gasteiger partial charge in [-0.25, -0.2) is 4.99 Å². The number of aliphatic hydroxyl groups is 1. The van der Waals surface area contributed by atoms with Crippen LogP contribution in [0.5, 0.6) is 11.5 Å². The summed E-state index contributed by atoms with van der Waals surface area (Å²) >= 11 is 1.46. The summed E-state index contributed by atoms with van der Waals surface area (Å²) in [4.78, 5) is 21.3. The van der Waals surface area contributed by atoms with Crippen LogP contribution in [0.1, 0.15) is 5.56 Å². The van der Waals surface area contributed by atoms with Crippen LogP contribution < -0.4 is 20.5 Å². The van der Waals surface area contributed by atoms with E-state index in [9.17, 15) is 9.90 Å². The lowest BCUT2D eigenvalue weighted by Gasteiger charge is -2.50. The molecule has 2 aliphatic heterocycles. The summed E-state index contributed by atoms with van der Waals surface area (Å²) in [6.45, 7) is 3.61. The molecule has 1 aromatic rings. The molecule has 3 rings (SSSR count). The zero-order chi connectivity index (χ0) is 21.7. The van der Waals surface area contributed by atoms with Gasteiger partial charge in [0.2, 0.25) is 5.91 Å². The van der Waals surface area contributed by atoms with E-state index in [4.69, 9.17) is 15.2 Å². The number of benzene rings is 1. The Morgan fingerprint density at radius 2 is 1.97 bits per heavy atom. The van der Waals surface area contributed by atoms with Crippen molar-refractivity contribution < 1.29 is 19.4 Å². The quantitative estimate of drug-likeness (QED) is 0.555. The number of hydrogen-bond donors (Lipinski definition) is 3. The van der Waals surface area contributed by atoms with Gasteiger partial charge in [-0.05, 0) is 18.4 Å². The van der Waals surface area contributed by atoms with Crippen molar-refractivity contribution in [2.24, 2.45) is 10.7 Å². The topological polar surface area (TPSA) is 113 Å². The molecule has 0 spiro atoms. The van der Waals surface area contributed by atoms with Crippen molar-refractivity contribution in [3.05, 3.63) is 35.5 Å². The average molecular weight is 436 g/mol. The Balaban J connectivity index is 2.11. The lowest BCUT2D eigenvalue weighted by molar-refractivity contribution is -0.116. The molecule has 1 atom stereocenters. The molecule has 10 heteroatoms. The molecule has 0 aromatic heterocycles. The molecule has 1 saturated heterocycles. The number of amidine groups is 1. The Morgan fingerprint density at radius 1 is 1.27 bits per heavy atom. The van der Waals surface area contributed by atoms with Crippen molar-refractivity contribution in [3.63, 3.8) is 0 Å². The summed E-state index contributed by atoms with van der Waals surface area (Å²) in [6, 6.07) is 5.60. The minimum Gasteiger partial charge on any atom is -0.493 e. The highest BCUT2D eigenvalue weighted by atomic mass is 32.2. The van der Waals surface area contributed by atoms with Gasteiger partial charge < -0.3 is 25.6 Å². The van der Waals surface area contributed by atoms with Gasteiger partial charge in [-0.3, -0.25) is 14.6 Å². The highest BCUT2D eigenvalue weighted by Gasteiger charge is 2.48. The van der Waals surface area contributed by atoms with Crippen LogP contribution in [0.25, 0.3) is 0 Å². The molecule has 0 saturated carbocycles. The summed E-state index contributed by atoms with van der Waals surface area (Å²) in [7, 11) is 3.16. The summed E-state index contributed by atoms with van der Waals surface area (Å²) in [5.41, 5.74) is 6.01. The minimum atomic E-state index is -0.989. The Hall–Kier alpha value is -2.27. The number of aliphatic hydroxyl groups excluding tert-OH is 1. The standard InChI is InChI=1S/C20H29N5O4S/c1-28-16-5-4-14(12-17(16)29-2)20(25-8-6-24(7-9-25)10-11-26)15(18(21)27)13-22-19(23-20)30-3/h4-5,12-13,26H,6-11H2,1-3H3,(H2,21,27)(H,22,23). The van der Waals surface area contributed by atoms with Gasteiger partial charge in [-0.1, -0.05) is 17.8 Å². The summed E-state index contributed by atoms with van der Waals surface area (Å²) in [5, 5.41) is 13.4. The number of β-amino-alcohol motifs (C(OH)–C–C–N with tert-alkyl or cyclic N) is 1. The van der Waals surface area contributed by atoms with E-state index in [-0.39, 0.29) is 6.61 Å². The fourth-order valence-electron chi connectivity index (χ4n) is 3.99. The normalized spacial score (nSPS) is 22.7. The first-order valence-electron chi connectivity index (χ1n) is 9.71. The summed E-state index contributed by atoms with van der Waals surface area (Å²) < 4.78 is 10.9. The van der Waals surface area contributed by atoms with Gasteiger partial charge in [0.1, 0.15) is 0 Å². The first-order chi connectivity index (χ1) is 14.5. The zero-order valence-corrected chi connectivity index (χ0v) is 18.4. The molecule has 0 aliphatic carbocycles. The van der Waals surface area contributed by atoms with Crippen LogP contribution in [0.2, 0.25) is 0 Å². The maximum absolute atomic E-state index is 12.5. The third-order valence-corrected chi connectivity index (χ3v) is 6.11. The van der Waals surface area contributed by atoms with Crippen LogP contribution in [0.4, 0.5) is 0 Å². The van der Waals surface area contributed by atoms with Crippen LogP contribution in [0.15, 0.2) is 35.0 Å². The van der Waals surface area contributed by atoms with Crippen LogP contribution in [0, 0.1) is 0 Å². The number of amides is 1. The molecular weight excluding hydrogens is 406 g/mol. The molecule has 30 heavy (non-hydrogen) atoms. The van der Waals surface area contributed by atoms with E-state index in [1.54, 1.807) is 20.4 Å². The second kappa shape index (κ2) is 9.69. The molecular formula is C20H29N5O4S. The lowest BCUT2D eigenvalue weighted by Crippen LogP contribution is -2.65. The van der Waals surface area contributed by atoms with E-state index < -0.39 is 11.6 Å². The lowest BCUT2D eigenvalue weighted by atomic mass is 9.87. The molecule has 164 valence electrons. The fourth-order valence-corrected chi connectivity index (χ4v) is 4.39. The van der Waals surface area contributed by atoms with Crippen molar-refractivity contribution in [3.8, 4) is 11.5 Å². The Labute approximate surface area is 180 Å². The van der Waals surface area contributed by atoms with Gasteiger partial charge in [0, 0.05) is 44.5 Å². The van der Waals surface area contributed by atoms with Gasteiger partial charge in [-0.15, -0.1) is 0 Å². The van der Waals surface area contributed by atoms with E-state index in [2.05, 4.69) is 20.1 Å². The van der Waals surface area contributed by atoms with Crippen LogP contribution in [-0.2, 0) is 10.5 Å². The molecule has 0 radical (unpaired) electrons. The molecule has 1 unspecified atom stereocenters. The number of piperazine rings is 1. The fraction of sp³-hybridized carbons (Fsp3) is 0.500. The van der Waals surface area contributed by atoms with Crippen molar-refractivity contribution in [2.75, 3.05) is 59.8 Å². The van der Waals surface area contributed by atoms with Crippen molar-refractivity contribution in [1.82, 2.24) is 15.1 Å². The van der Waals surface area contributed by atoms with Gasteiger partial charge in [0.25, 0.3) is 0 Å². The second-order valence-electron chi connectivity index (χ2n) is 7.00. The molecule has 9 nitrogen and oxygen atoms in total. The molecule has 2 heterocycles. The number of methoxy groups -OCH3 is 2. The van der Waals surface area contributed by atoms with E-state index in [1.165, 1.54) is 11.8 Å². The van der Waals surface area contributed by atoms with Crippen molar-refractivity contribution >= 4 is 22.8 Å². The largest absolute Gasteiger partial charge is 0.493 e. The highest BCUT2D eigenvalue weighted by Crippen LogP contribution is 2.40. The van der Waals surface area contributed by atoms with E-state index in [1.807, 2.05) is 24.5 Å². The minimum absolute atomic E-state index is 0.120. The smallest absolute Gasteiger partial charge is 0.250 e. The number of nitrogens with two attached hydrogens (primary N) is 1. The van der Waals surface area contributed by atoms with Crippen molar-refractivity contribution in [2.45, 2.75) is 5.66 Å². The molecule has 1 aromatic carbocycles. The number of primary amides is 1. The first kappa shape index (κ1) is 22.4. The number of ether oxygens (including phenoxy) is 2. The van der Waals surface area contributed by atoms with E-state index >= 15 is 0 Å². The second-order valence-corrected chi connectivity index (χ2v) is 7.80. The molecule has 4 N–H and O–H groups in total. The van der Waals surface area contributed by atoms with Gasteiger partial charge in [0.05, 0.1) is 26.4 Å². The number of carbonyl (C=O) groups is 1. The monoisotopic (exact) mass is 435 g/mol. The van der Waals surface area contributed by atoms with Crippen molar-refractivity contribution in [1.29, 1.82) is 0 Å². The SMILES string of the molecule is COc1ccc(C2(N3CCN(CCO)CC3)NC(SC)=NC=C2C(N)=O)cc1OC. The number of carbonyl (C=O) groups excluding carboxylic acids is 1. The predicted molar refractivity (Wildman–Crippen MR) is 118 cm³/mol. The Bertz CT molecular complexity index is 838. The highest BCUT2D eigenvalue weighted by molar-refractivity contribution is 8.13. The molecule has 1 fully saturated rings. The van der Waals surface area contributed by atoms with Gasteiger partial charge in [-0.2, -0.15) is 0 Å². The summed E-state index contributed by atoms with van der Waals surface area (Å²) in [6.07, 6.45) is 3.48. The number of thioether (sulfide) groups is 1. The average Bonchev–Trinajstić information content (AvgIpc) is 2.78. The van der Waals surface area contributed by atoms with E-state index in [0.29, 0.717) is 41.9 Å². The molecule has 1 amide bonds. The van der Waals surface area contributed by atoms with Gasteiger partial charge in [0.15, 0.2) is 22.3 Å². The van der Waals surface area contributed by atoms with Gasteiger partial charge >= 0.3 is 0 Å². The van der Waals surface area contributed by atoms with E-state index in [0.717, 1.165) is 18.7 Å². The molecule has 2 aliphatic rings. The number of hydrogen-bond acceptors (Lipinski definition) is 9. The maximum Gasteiger partial charge on any atom is 0.250 e. The number of aliphatic imine (C=N–C) groups is 1. The number of rotatable bonds is 7.